The van der Waals surface area contributed by atoms with Crippen molar-refractivity contribution in [3.63, 3.8) is 0 Å². The van der Waals surface area contributed by atoms with Crippen molar-refractivity contribution in [2.75, 3.05) is 5.73 Å². The molecule has 2 nitrogen and oxygen atoms in total. The maximum atomic E-state index is 6.18. The zero-order valence-electron chi connectivity index (χ0n) is 12.9. The van der Waals surface area contributed by atoms with Gasteiger partial charge in [0.25, 0.3) is 0 Å². The third kappa shape index (κ3) is 3.24. The number of hydrogen-bond acceptors (Lipinski definition) is 2. The predicted molar refractivity (Wildman–Crippen MR) is 86.7 cm³/mol. The molecule has 1 aliphatic carbocycles. The lowest BCUT2D eigenvalue weighted by molar-refractivity contribution is 0.105. The highest BCUT2D eigenvalue weighted by atomic mass is 16.5. The molecule has 2 N–H and O–H groups in total. The van der Waals surface area contributed by atoms with E-state index in [1.165, 1.54) is 5.57 Å². The summed E-state index contributed by atoms with van der Waals surface area (Å²) in [4.78, 5) is 0. The van der Waals surface area contributed by atoms with Crippen molar-refractivity contribution in [2.24, 2.45) is 11.8 Å². The van der Waals surface area contributed by atoms with E-state index >= 15 is 0 Å². The molecule has 1 aliphatic rings. The summed E-state index contributed by atoms with van der Waals surface area (Å²) in [5.74, 6) is 1.83. The molecule has 0 fully saturated rings. The molecule has 0 spiro atoms. The van der Waals surface area contributed by atoms with Gasteiger partial charge < -0.3 is 10.5 Å². The van der Waals surface area contributed by atoms with Crippen LogP contribution in [0.5, 0.6) is 5.75 Å². The lowest BCUT2D eigenvalue weighted by Crippen LogP contribution is -2.28. The Morgan fingerprint density at radius 1 is 1.10 bits per heavy atom. The van der Waals surface area contributed by atoms with Gasteiger partial charge in [0, 0.05) is 17.3 Å². The Balaban J connectivity index is 2.16. The third-order valence-electron chi connectivity index (χ3n) is 3.73. The summed E-state index contributed by atoms with van der Waals surface area (Å²) in [6.07, 6.45) is 7.52. The van der Waals surface area contributed by atoms with Crippen molar-refractivity contribution < 1.29 is 4.74 Å². The SMILES string of the molecule is CC(C)C(Oc1ccc(C2=CC=CC2)c(N)c1)C(C)C. The Morgan fingerprint density at radius 2 is 1.80 bits per heavy atom. The molecule has 0 aromatic heterocycles. The molecule has 2 heteroatoms. The molecule has 0 bridgehead atoms. The van der Waals surface area contributed by atoms with Gasteiger partial charge in [0.1, 0.15) is 11.9 Å². The first-order valence-corrected chi connectivity index (χ1v) is 7.41. The Bertz CT molecular complexity index is 518. The second kappa shape index (κ2) is 6.17. The molecule has 0 aliphatic heterocycles. The van der Waals surface area contributed by atoms with Crippen LogP contribution < -0.4 is 10.5 Å². The number of benzene rings is 1. The van der Waals surface area contributed by atoms with Crippen LogP contribution in [-0.4, -0.2) is 6.10 Å². The first kappa shape index (κ1) is 14.7. The summed E-state index contributed by atoms with van der Waals surface area (Å²) >= 11 is 0. The van der Waals surface area contributed by atoms with Crippen molar-refractivity contribution in [3.05, 3.63) is 42.0 Å². The summed E-state index contributed by atoms with van der Waals surface area (Å²) in [6, 6.07) is 6.05. The molecular weight excluding hydrogens is 246 g/mol. The fraction of sp³-hybridized carbons (Fsp3) is 0.444. The molecule has 1 aromatic rings. The number of rotatable bonds is 5. The van der Waals surface area contributed by atoms with E-state index < -0.39 is 0 Å². The lowest BCUT2D eigenvalue weighted by atomic mass is 9.96. The lowest BCUT2D eigenvalue weighted by Gasteiger charge is -2.26. The van der Waals surface area contributed by atoms with E-state index in [2.05, 4.69) is 52.0 Å². The van der Waals surface area contributed by atoms with E-state index in [-0.39, 0.29) is 6.10 Å². The van der Waals surface area contributed by atoms with Crippen molar-refractivity contribution in [3.8, 4) is 5.75 Å². The molecule has 1 aromatic carbocycles. The molecule has 108 valence electrons. The summed E-state index contributed by atoms with van der Waals surface area (Å²) in [5.41, 5.74) is 9.37. The van der Waals surface area contributed by atoms with E-state index in [4.69, 9.17) is 10.5 Å². The minimum Gasteiger partial charge on any atom is -0.490 e. The van der Waals surface area contributed by atoms with Crippen LogP contribution in [0.3, 0.4) is 0 Å². The quantitative estimate of drug-likeness (QED) is 0.790. The van der Waals surface area contributed by atoms with Crippen molar-refractivity contribution in [2.45, 2.75) is 40.2 Å². The molecule has 0 heterocycles. The van der Waals surface area contributed by atoms with E-state index in [0.717, 1.165) is 23.4 Å². The summed E-state index contributed by atoms with van der Waals surface area (Å²) in [5, 5.41) is 0. The van der Waals surface area contributed by atoms with Crippen LogP contribution >= 0.6 is 0 Å². The van der Waals surface area contributed by atoms with Crippen molar-refractivity contribution in [1.82, 2.24) is 0 Å². The molecule has 0 unspecified atom stereocenters. The largest absolute Gasteiger partial charge is 0.490 e. The van der Waals surface area contributed by atoms with E-state index in [9.17, 15) is 0 Å². The van der Waals surface area contributed by atoms with E-state index in [1.807, 2.05) is 12.1 Å². The van der Waals surface area contributed by atoms with Gasteiger partial charge >= 0.3 is 0 Å². The maximum Gasteiger partial charge on any atom is 0.121 e. The van der Waals surface area contributed by atoms with Crippen LogP contribution in [0.1, 0.15) is 39.7 Å². The van der Waals surface area contributed by atoms with Crippen molar-refractivity contribution >= 4 is 11.3 Å². The van der Waals surface area contributed by atoms with Crippen LogP contribution in [-0.2, 0) is 0 Å². The van der Waals surface area contributed by atoms with Crippen molar-refractivity contribution in [1.29, 1.82) is 0 Å². The van der Waals surface area contributed by atoms with E-state index in [0.29, 0.717) is 11.8 Å². The average Bonchev–Trinajstić information content (AvgIpc) is 2.89. The number of nitrogen functional groups attached to an aromatic ring is 1. The number of allylic oxidation sites excluding steroid dienone is 4. The smallest absolute Gasteiger partial charge is 0.121 e. The number of anilines is 1. The Hall–Kier alpha value is -1.70. The fourth-order valence-electron chi connectivity index (χ4n) is 2.75. The molecule has 0 amide bonds. The van der Waals surface area contributed by atoms with Crippen LogP contribution in [0.2, 0.25) is 0 Å². The number of nitrogens with two attached hydrogens (primary N) is 1. The molecule has 0 radical (unpaired) electrons. The molecular formula is C18H25NO. The Morgan fingerprint density at radius 3 is 2.30 bits per heavy atom. The highest BCUT2D eigenvalue weighted by Crippen LogP contribution is 2.31. The van der Waals surface area contributed by atoms with Gasteiger partial charge in [-0.25, -0.2) is 0 Å². The predicted octanol–water partition coefficient (Wildman–Crippen LogP) is 4.67. The molecule has 0 saturated carbocycles. The van der Waals surface area contributed by atoms with Crippen LogP contribution in [0, 0.1) is 11.8 Å². The van der Waals surface area contributed by atoms with Gasteiger partial charge in [0.2, 0.25) is 0 Å². The summed E-state index contributed by atoms with van der Waals surface area (Å²) in [6.45, 7) is 8.77. The first-order valence-electron chi connectivity index (χ1n) is 7.41. The monoisotopic (exact) mass is 271 g/mol. The molecule has 0 atom stereocenters. The normalized spacial score (nSPS) is 14.4. The molecule has 0 saturated heterocycles. The fourth-order valence-corrected chi connectivity index (χ4v) is 2.75. The van der Waals surface area contributed by atoms with Gasteiger partial charge in [-0.3, -0.25) is 0 Å². The second-order valence-corrected chi connectivity index (χ2v) is 6.14. The Kier molecular flexibility index (Phi) is 4.53. The maximum absolute atomic E-state index is 6.18. The van der Waals surface area contributed by atoms with Crippen LogP contribution in [0.15, 0.2) is 36.4 Å². The van der Waals surface area contributed by atoms with Crippen LogP contribution in [0.25, 0.3) is 5.57 Å². The zero-order chi connectivity index (χ0) is 14.7. The highest BCUT2D eigenvalue weighted by molar-refractivity contribution is 5.79. The highest BCUT2D eigenvalue weighted by Gasteiger charge is 2.19. The van der Waals surface area contributed by atoms with Crippen LogP contribution in [0.4, 0.5) is 5.69 Å². The van der Waals surface area contributed by atoms with Gasteiger partial charge in [0.05, 0.1) is 0 Å². The van der Waals surface area contributed by atoms with Gasteiger partial charge in [-0.05, 0) is 36.0 Å². The number of hydrogen-bond donors (Lipinski definition) is 1. The van der Waals surface area contributed by atoms with E-state index in [1.54, 1.807) is 0 Å². The van der Waals surface area contributed by atoms with Gasteiger partial charge in [0.15, 0.2) is 0 Å². The van der Waals surface area contributed by atoms with Gasteiger partial charge in [-0.2, -0.15) is 0 Å². The number of ether oxygens (including phenoxy) is 1. The summed E-state index contributed by atoms with van der Waals surface area (Å²) in [7, 11) is 0. The van der Waals surface area contributed by atoms with Gasteiger partial charge in [-0.1, -0.05) is 45.9 Å². The minimum atomic E-state index is 0.215. The summed E-state index contributed by atoms with van der Waals surface area (Å²) < 4.78 is 6.12. The average molecular weight is 271 g/mol. The molecule has 2 rings (SSSR count). The minimum absolute atomic E-state index is 0.215. The topological polar surface area (TPSA) is 35.2 Å². The standard InChI is InChI=1S/C18H25NO/c1-12(2)18(13(3)4)20-15-9-10-16(17(19)11-15)14-7-5-6-8-14/h5-7,9-13,18H,8,19H2,1-4H3. The second-order valence-electron chi connectivity index (χ2n) is 6.14. The third-order valence-corrected chi connectivity index (χ3v) is 3.73. The Labute approximate surface area is 122 Å². The van der Waals surface area contributed by atoms with Gasteiger partial charge in [-0.15, -0.1) is 0 Å². The zero-order valence-corrected chi connectivity index (χ0v) is 12.9. The molecule has 20 heavy (non-hydrogen) atoms. The first-order chi connectivity index (χ1) is 9.49.